The molecule has 1 N–H and O–H groups in total. The smallest absolute Gasteiger partial charge is 0.0515 e. The minimum absolute atomic E-state index is 0.210. The van der Waals surface area contributed by atoms with Gasteiger partial charge in [0.05, 0.1) is 6.10 Å². The third kappa shape index (κ3) is 3.01. The molecule has 12 heavy (non-hydrogen) atoms. The SMILES string of the molecule is Cc1cc(CC[C@@H](C)O)ccn1. The molecule has 2 nitrogen and oxygen atoms in total. The van der Waals surface area contributed by atoms with Crippen LogP contribution in [0.1, 0.15) is 24.6 Å². The molecule has 0 saturated heterocycles. The quantitative estimate of drug-likeness (QED) is 0.739. The van der Waals surface area contributed by atoms with Crippen LogP contribution in [0.3, 0.4) is 0 Å². The minimum atomic E-state index is -0.210. The number of aliphatic hydroxyl groups is 1. The number of rotatable bonds is 3. The number of pyridine rings is 1. The normalized spacial score (nSPS) is 12.9. The van der Waals surface area contributed by atoms with Crippen LogP contribution in [0.2, 0.25) is 0 Å². The van der Waals surface area contributed by atoms with Crippen LogP contribution in [0.25, 0.3) is 0 Å². The first-order valence-corrected chi connectivity index (χ1v) is 4.28. The standard InChI is InChI=1S/C10H15NO/c1-8-7-10(5-6-11-8)4-3-9(2)12/h5-7,9,12H,3-4H2,1-2H3/t9-/m1/s1. The summed E-state index contributed by atoms with van der Waals surface area (Å²) < 4.78 is 0. The molecule has 1 heterocycles. The lowest BCUT2D eigenvalue weighted by molar-refractivity contribution is 0.185. The summed E-state index contributed by atoms with van der Waals surface area (Å²) in [4.78, 5) is 4.10. The summed E-state index contributed by atoms with van der Waals surface area (Å²) in [7, 11) is 0. The highest BCUT2D eigenvalue weighted by molar-refractivity contribution is 5.15. The van der Waals surface area contributed by atoms with Crippen molar-refractivity contribution in [2.45, 2.75) is 32.8 Å². The summed E-state index contributed by atoms with van der Waals surface area (Å²) in [5.74, 6) is 0. The van der Waals surface area contributed by atoms with Gasteiger partial charge in [-0.1, -0.05) is 0 Å². The average molecular weight is 165 g/mol. The van der Waals surface area contributed by atoms with E-state index in [0.717, 1.165) is 18.5 Å². The molecule has 0 radical (unpaired) electrons. The van der Waals surface area contributed by atoms with E-state index in [1.54, 1.807) is 0 Å². The van der Waals surface area contributed by atoms with Gasteiger partial charge in [0.1, 0.15) is 0 Å². The topological polar surface area (TPSA) is 33.1 Å². The van der Waals surface area contributed by atoms with Crippen LogP contribution in [0.5, 0.6) is 0 Å². The molecule has 1 aromatic heterocycles. The van der Waals surface area contributed by atoms with Gasteiger partial charge >= 0.3 is 0 Å². The van der Waals surface area contributed by atoms with Gasteiger partial charge in [0, 0.05) is 11.9 Å². The summed E-state index contributed by atoms with van der Waals surface area (Å²) in [6, 6.07) is 4.05. The maximum absolute atomic E-state index is 9.07. The van der Waals surface area contributed by atoms with Gasteiger partial charge in [-0.2, -0.15) is 0 Å². The van der Waals surface area contributed by atoms with Crippen molar-refractivity contribution in [1.29, 1.82) is 0 Å². The van der Waals surface area contributed by atoms with E-state index < -0.39 is 0 Å². The monoisotopic (exact) mass is 165 g/mol. The fraction of sp³-hybridized carbons (Fsp3) is 0.500. The zero-order valence-corrected chi connectivity index (χ0v) is 7.62. The summed E-state index contributed by atoms with van der Waals surface area (Å²) in [5, 5.41) is 9.07. The molecule has 0 fully saturated rings. The molecule has 1 atom stereocenters. The van der Waals surface area contributed by atoms with Crippen LogP contribution >= 0.6 is 0 Å². The first-order chi connectivity index (χ1) is 5.68. The van der Waals surface area contributed by atoms with E-state index in [1.165, 1.54) is 5.56 Å². The van der Waals surface area contributed by atoms with Gasteiger partial charge in [0.2, 0.25) is 0 Å². The van der Waals surface area contributed by atoms with Crippen molar-refractivity contribution in [2.75, 3.05) is 0 Å². The van der Waals surface area contributed by atoms with Gasteiger partial charge in [0.15, 0.2) is 0 Å². The second kappa shape index (κ2) is 4.21. The van der Waals surface area contributed by atoms with Gasteiger partial charge in [-0.15, -0.1) is 0 Å². The highest BCUT2D eigenvalue weighted by Gasteiger charge is 1.97. The lowest BCUT2D eigenvalue weighted by Crippen LogP contribution is -2.01. The van der Waals surface area contributed by atoms with E-state index in [2.05, 4.69) is 11.1 Å². The van der Waals surface area contributed by atoms with Crippen molar-refractivity contribution in [1.82, 2.24) is 4.98 Å². The van der Waals surface area contributed by atoms with Crippen molar-refractivity contribution in [3.63, 3.8) is 0 Å². The molecular formula is C10H15NO. The zero-order chi connectivity index (χ0) is 8.97. The maximum Gasteiger partial charge on any atom is 0.0515 e. The Bertz CT molecular complexity index is 245. The van der Waals surface area contributed by atoms with Crippen molar-refractivity contribution in [2.24, 2.45) is 0 Å². The Hall–Kier alpha value is -0.890. The molecule has 0 saturated carbocycles. The van der Waals surface area contributed by atoms with Gasteiger partial charge in [-0.3, -0.25) is 4.98 Å². The predicted octanol–water partition coefficient (Wildman–Crippen LogP) is 1.70. The van der Waals surface area contributed by atoms with Crippen LogP contribution < -0.4 is 0 Å². The number of aliphatic hydroxyl groups excluding tert-OH is 1. The molecule has 0 amide bonds. The molecule has 0 unspecified atom stereocenters. The summed E-state index contributed by atoms with van der Waals surface area (Å²) in [5.41, 5.74) is 2.29. The second-order valence-electron chi connectivity index (χ2n) is 3.19. The maximum atomic E-state index is 9.07. The summed E-state index contributed by atoms with van der Waals surface area (Å²) in [6.45, 7) is 3.79. The molecule has 66 valence electrons. The Morgan fingerprint density at radius 1 is 1.58 bits per heavy atom. The number of nitrogens with zero attached hydrogens (tertiary/aromatic N) is 1. The molecule has 0 aliphatic rings. The fourth-order valence-corrected chi connectivity index (χ4v) is 1.14. The largest absolute Gasteiger partial charge is 0.393 e. The molecule has 0 bridgehead atoms. The number of aromatic nitrogens is 1. The van der Waals surface area contributed by atoms with Gasteiger partial charge < -0.3 is 5.11 Å². The molecule has 0 spiro atoms. The van der Waals surface area contributed by atoms with Crippen LogP contribution in [0.15, 0.2) is 18.3 Å². The Labute approximate surface area is 73.3 Å². The molecular weight excluding hydrogens is 150 g/mol. The lowest BCUT2D eigenvalue weighted by Gasteiger charge is -2.03. The fourth-order valence-electron chi connectivity index (χ4n) is 1.14. The Balaban J connectivity index is 2.52. The number of aryl methyl sites for hydroxylation is 2. The Morgan fingerprint density at radius 3 is 2.92 bits per heavy atom. The molecule has 2 heteroatoms. The Morgan fingerprint density at radius 2 is 2.33 bits per heavy atom. The number of hydrogen-bond acceptors (Lipinski definition) is 2. The summed E-state index contributed by atoms with van der Waals surface area (Å²) >= 11 is 0. The highest BCUT2D eigenvalue weighted by Crippen LogP contribution is 2.05. The van der Waals surface area contributed by atoms with Crippen LogP contribution in [-0.2, 0) is 6.42 Å². The van der Waals surface area contributed by atoms with E-state index in [0.29, 0.717) is 0 Å². The summed E-state index contributed by atoms with van der Waals surface area (Å²) in [6.07, 6.45) is 3.36. The van der Waals surface area contributed by atoms with Crippen molar-refractivity contribution >= 4 is 0 Å². The second-order valence-corrected chi connectivity index (χ2v) is 3.19. The predicted molar refractivity (Wildman–Crippen MR) is 49.0 cm³/mol. The molecule has 0 aromatic carbocycles. The molecule has 1 aromatic rings. The van der Waals surface area contributed by atoms with Crippen molar-refractivity contribution in [3.8, 4) is 0 Å². The average Bonchev–Trinajstić information content (AvgIpc) is 2.01. The number of hydrogen-bond donors (Lipinski definition) is 1. The van der Waals surface area contributed by atoms with E-state index >= 15 is 0 Å². The lowest BCUT2D eigenvalue weighted by atomic mass is 10.1. The van der Waals surface area contributed by atoms with Crippen LogP contribution in [0, 0.1) is 6.92 Å². The Kier molecular flexibility index (Phi) is 3.23. The van der Waals surface area contributed by atoms with Crippen LogP contribution in [0.4, 0.5) is 0 Å². The third-order valence-corrected chi connectivity index (χ3v) is 1.81. The van der Waals surface area contributed by atoms with E-state index in [1.807, 2.05) is 26.1 Å². The molecule has 0 aliphatic heterocycles. The highest BCUT2D eigenvalue weighted by atomic mass is 16.3. The first-order valence-electron chi connectivity index (χ1n) is 4.28. The van der Waals surface area contributed by atoms with Gasteiger partial charge in [-0.25, -0.2) is 0 Å². The van der Waals surface area contributed by atoms with Gasteiger partial charge in [-0.05, 0) is 44.4 Å². The van der Waals surface area contributed by atoms with E-state index in [9.17, 15) is 0 Å². The molecule has 1 rings (SSSR count). The minimum Gasteiger partial charge on any atom is -0.393 e. The van der Waals surface area contributed by atoms with Crippen LogP contribution in [-0.4, -0.2) is 16.2 Å². The van der Waals surface area contributed by atoms with Gasteiger partial charge in [0.25, 0.3) is 0 Å². The van der Waals surface area contributed by atoms with E-state index in [-0.39, 0.29) is 6.10 Å². The zero-order valence-electron chi connectivity index (χ0n) is 7.62. The molecule has 0 aliphatic carbocycles. The van der Waals surface area contributed by atoms with Crippen molar-refractivity contribution in [3.05, 3.63) is 29.6 Å². The first kappa shape index (κ1) is 9.20. The van der Waals surface area contributed by atoms with Crippen molar-refractivity contribution < 1.29 is 5.11 Å². The van der Waals surface area contributed by atoms with E-state index in [4.69, 9.17) is 5.11 Å². The third-order valence-electron chi connectivity index (χ3n) is 1.81.